The third kappa shape index (κ3) is 2.49. The molecule has 0 aliphatic rings. The van der Waals surface area contributed by atoms with Crippen molar-refractivity contribution in [2.24, 2.45) is 0 Å². The van der Waals surface area contributed by atoms with E-state index < -0.39 is 21.3 Å². The molecule has 0 aliphatic carbocycles. The molecule has 1 aromatic carbocycles. The highest BCUT2D eigenvalue weighted by atomic mass is 16.6. The summed E-state index contributed by atoms with van der Waals surface area (Å²) in [4.78, 5) is 19.9. The molecule has 0 bridgehead atoms. The number of phenolic OH excluding ortho intramolecular Hbond substituents is 1. The summed E-state index contributed by atoms with van der Waals surface area (Å²) in [5.41, 5.74) is -0.673. The van der Waals surface area contributed by atoms with Crippen molar-refractivity contribution >= 4 is 11.4 Å². The van der Waals surface area contributed by atoms with E-state index in [4.69, 9.17) is 0 Å². The van der Waals surface area contributed by atoms with Crippen LogP contribution in [0.3, 0.4) is 0 Å². The second-order valence-electron chi connectivity index (χ2n) is 3.72. The summed E-state index contributed by atoms with van der Waals surface area (Å²) in [6.07, 6.45) is 0.637. The Balaban J connectivity index is 3.46. The summed E-state index contributed by atoms with van der Waals surface area (Å²) in [7, 11) is 0. The molecule has 7 nitrogen and oxygen atoms in total. The Kier molecular flexibility index (Phi) is 3.62. The Morgan fingerprint density at radius 1 is 1.24 bits per heavy atom. The first kappa shape index (κ1) is 12.9. The van der Waals surface area contributed by atoms with Gasteiger partial charge in [-0.1, -0.05) is 13.8 Å². The van der Waals surface area contributed by atoms with Crippen molar-refractivity contribution in [1.29, 1.82) is 0 Å². The molecule has 17 heavy (non-hydrogen) atoms. The molecule has 0 saturated carbocycles. The number of aromatic hydroxyl groups is 1. The summed E-state index contributed by atoms with van der Waals surface area (Å²) in [6, 6.07) is 1.90. The first-order valence-corrected chi connectivity index (χ1v) is 5.04. The van der Waals surface area contributed by atoms with Crippen molar-refractivity contribution in [1.82, 2.24) is 0 Å². The molecule has 7 heteroatoms. The molecular weight excluding hydrogens is 228 g/mol. The van der Waals surface area contributed by atoms with Crippen LogP contribution in [-0.4, -0.2) is 15.0 Å². The Hall–Kier alpha value is -2.18. The largest absolute Gasteiger partial charge is 0.502 e. The molecule has 0 spiro atoms. The average Bonchev–Trinajstić information content (AvgIpc) is 2.26. The third-order valence-corrected chi connectivity index (χ3v) is 2.66. The van der Waals surface area contributed by atoms with E-state index in [1.54, 1.807) is 6.92 Å². The molecule has 0 amide bonds. The van der Waals surface area contributed by atoms with Crippen molar-refractivity contribution < 1.29 is 15.0 Å². The maximum absolute atomic E-state index is 10.8. The van der Waals surface area contributed by atoms with Crippen molar-refractivity contribution in [2.75, 3.05) is 0 Å². The molecule has 0 saturated heterocycles. The fourth-order valence-electron chi connectivity index (χ4n) is 1.50. The van der Waals surface area contributed by atoms with E-state index in [1.807, 2.05) is 6.92 Å². The van der Waals surface area contributed by atoms with Gasteiger partial charge in [-0.15, -0.1) is 0 Å². The first-order valence-electron chi connectivity index (χ1n) is 5.04. The SMILES string of the molecule is CCC(C)c1cc(O)c([N+](=O)[O-])cc1[N+](=O)[O-]. The van der Waals surface area contributed by atoms with Gasteiger partial charge in [0, 0.05) is 5.56 Å². The smallest absolute Gasteiger partial charge is 0.317 e. The molecule has 0 radical (unpaired) electrons. The Morgan fingerprint density at radius 2 is 1.76 bits per heavy atom. The van der Waals surface area contributed by atoms with Crippen molar-refractivity contribution in [2.45, 2.75) is 26.2 Å². The lowest BCUT2D eigenvalue weighted by atomic mass is 9.96. The lowest BCUT2D eigenvalue weighted by Crippen LogP contribution is -2.01. The minimum Gasteiger partial charge on any atom is -0.502 e. The summed E-state index contributed by atoms with van der Waals surface area (Å²) in [6.45, 7) is 3.60. The zero-order valence-electron chi connectivity index (χ0n) is 9.41. The van der Waals surface area contributed by atoms with Crippen LogP contribution in [0.15, 0.2) is 12.1 Å². The summed E-state index contributed by atoms with van der Waals surface area (Å²) in [5, 5.41) is 30.8. The number of hydrogen-bond acceptors (Lipinski definition) is 5. The minimum atomic E-state index is -0.845. The molecule has 1 unspecified atom stereocenters. The monoisotopic (exact) mass is 240 g/mol. The van der Waals surface area contributed by atoms with Crippen molar-refractivity contribution in [3.05, 3.63) is 37.9 Å². The molecule has 0 heterocycles. The van der Waals surface area contributed by atoms with Crippen LogP contribution in [-0.2, 0) is 0 Å². The molecule has 0 aliphatic heterocycles. The van der Waals surface area contributed by atoms with Gasteiger partial charge in [0.05, 0.1) is 15.9 Å². The van der Waals surface area contributed by atoms with Gasteiger partial charge in [-0.2, -0.15) is 0 Å². The zero-order valence-corrected chi connectivity index (χ0v) is 9.41. The average molecular weight is 240 g/mol. The summed E-state index contributed by atoms with van der Waals surface area (Å²) < 4.78 is 0. The fourth-order valence-corrected chi connectivity index (χ4v) is 1.50. The molecule has 92 valence electrons. The molecule has 0 aromatic heterocycles. The van der Waals surface area contributed by atoms with Crippen molar-refractivity contribution in [3.8, 4) is 5.75 Å². The van der Waals surface area contributed by atoms with Gasteiger partial charge in [0.2, 0.25) is 0 Å². The maximum Gasteiger partial charge on any atom is 0.317 e. The Labute approximate surface area is 97.0 Å². The van der Waals surface area contributed by atoms with E-state index in [9.17, 15) is 25.3 Å². The number of rotatable bonds is 4. The van der Waals surface area contributed by atoms with Crippen LogP contribution in [0.5, 0.6) is 5.75 Å². The van der Waals surface area contributed by atoms with Gasteiger partial charge in [-0.25, -0.2) is 0 Å². The quantitative estimate of drug-likeness (QED) is 0.643. The number of hydrogen-bond donors (Lipinski definition) is 1. The normalized spacial score (nSPS) is 12.1. The Bertz CT molecular complexity index is 472. The van der Waals surface area contributed by atoms with Gasteiger partial charge in [0.1, 0.15) is 0 Å². The van der Waals surface area contributed by atoms with E-state index in [0.29, 0.717) is 12.0 Å². The van der Waals surface area contributed by atoms with Crippen LogP contribution in [0.4, 0.5) is 11.4 Å². The van der Waals surface area contributed by atoms with Gasteiger partial charge in [-0.05, 0) is 18.4 Å². The molecule has 1 rings (SSSR count). The van der Waals surface area contributed by atoms with E-state index >= 15 is 0 Å². The standard InChI is InChI=1S/C10H12N2O5/c1-3-6(2)7-4-10(13)9(12(16)17)5-8(7)11(14)15/h4-6,13H,3H2,1-2H3. The Morgan fingerprint density at radius 3 is 2.18 bits per heavy atom. The lowest BCUT2D eigenvalue weighted by molar-refractivity contribution is -0.395. The second kappa shape index (κ2) is 4.77. The number of benzene rings is 1. The second-order valence-corrected chi connectivity index (χ2v) is 3.72. The van der Waals surface area contributed by atoms with Crippen LogP contribution in [0.25, 0.3) is 0 Å². The van der Waals surface area contributed by atoms with E-state index in [1.165, 1.54) is 0 Å². The fraction of sp³-hybridized carbons (Fsp3) is 0.400. The predicted molar refractivity (Wildman–Crippen MR) is 60.1 cm³/mol. The maximum atomic E-state index is 10.8. The van der Waals surface area contributed by atoms with Crippen LogP contribution < -0.4 is 0 Å². The number of nitro benzene ring substituents is 2. The highest BCUT2D eigenvalue weighted by molar-refractivity contribution is 5.58. The zero-order chi connectivity index (χ0) is 13.2. The molecular formula is C10H12N2O5. The van der Waals surface area contributed by atoms with E-state index in [2.05, 4.69) is 0 Å². The molecule has 1 N–H and O–H groups in total. The van der Waals surface area contributed by atoms with Gasteiger partial charge in [0.15, 0.2) is 5.75 Å². The topological polar surface area (TPSA) is 107 Å². The number of phenols is 1. The lowest BCUT2D eigenvalue weighted by Gasteiger charge is -2.09. The number of nitro groups is 2. The summed E-state index contributed by atoms with van der Waals surface area (Å²) in [5.74, 6) is -0.696. The molecule has 1 atom stereocenters. The predicted octanol–water partition coefficient (Wildman–Crippen LogP) is 2.72. The van der Waals surface area contributed by atoms with Gasteiger partial charge < -0.3 is 5.11 Å². The van der Waals surface area contributed by atoms with Gasteiger partial charge in [0.25, 0.3) is 5.69 Å². The minimum absolute atomic E-state index is 0.151. The highest BCUT2D eigenvalue weighted by Crippen LogP contribution is 2.37. The van der Waals surface area contributed by atoms with Crippen molar-refractivity contribution in [3.63, 3.8) is 0 Å². The van der Waals surface area contributed by atoms with E-state index in [0.717, 1.165) is 12.1 Å². The third-order valence-electron chi connectivity index (χ3n) is 2.66. The number of nitrogens with zero attached hydrogens (tertiary/aromatic N) is 2. The van der Waals surface area contributed by atoms with Crippen LogP contribution in [0.2, 0.25) is 0 Å². The van der Waals surface area contributed by atoms with Gasteiger partial charge >= 0.3 is 5.69 Å². The first-order chi connectivity index (χ1) is 7.88. The van der Waals surface area contributed by atoms with Crippen LogP contribution in [0, 0.1) is 20.2 Å². The highest BCUT2D eigenvalue weighted by Gasteiger charge is 2.26. The van der Waals surface area contributed by atoms with Crippen LogP contribution in [0.1, 0.15) is 31.7 Å². The summed E-state index contributed by atoms with van der Waals surface area (Å²) >= 11 is 0. The van der Waals surface area contributed by atoms with Gasteiger partial charge in [-0.3, -0.25) is 20.2 Å². The molecule has 1 aromatic rings. The van der Waals surface area contributed by atoms with Crippen LogP contribution >= 0.6 is 0 Å². The van der Waals surface area contributed by atoms with E-state index in [-0.39, 0.29) is 11.6 Å². The molecule has 0 fully saturated rings.